The van der Waals surface area contributed by atoms with Crippen LogP contribution >= 0.6 is 11.6 Å². The van der Waals surface area contributed by atoms with Gasteiger partial charge in [-0.15, -0.1) is 0 Å². The van der Waals surface area contributed by atoms with Crippen molar-refractivity contribution in [3.8, 4) is 0 Å². The Kier molecular flexibility index (Phi) is 5.85. The van der Waals surface area contributed by atoms with E-state index in [1.807, 2.05) is 30.4 Å². The lowest BCUT2D eigenvalue weighted by Gasteiger charge is -2.15. The number of nitrogens with one attached hydrogen (secondary N) is 2. The van der Waals surface area contributed by atoms with Crippen LogP contribution in [0.25, 0.3) is 0 Å². The van der Waals surface area contributed by atoms with E-state index in [4.69, 9.17) is 11.6 Å². The minimum atomic E-state index is -4.91. The predicted octanol–water partition coefficient (Wildman–Crippen LogP) is 4.69. The molecule has 2 N–H and O–H groups in total. The van der Waals surface area contributed by atoms with E-state index in [1.165, 1.54) is 12.1 Å². The van der Waals surface area contributed by atoms with Gasteiger partial charge in [-0.2, -0.15) is 13.2 Å². The number of hydrogen-bond donors (Lipinski definition) is 2. The van der Waals surface area contributed by atoms with Crippen molar-refractivity contribution in [1.82, 2.24) is 5.32 Å². The topological polar surface area (TPSA) is 41.1 Å². The van der Waals surface area contributed by atoms with E-state index >= 15 is 0 Å². The standard InChI is InChI=1S/C17H16ClF3N2O/c1-11(13-5-3-6-14(18)9-13)22-10-12-4-2-7-15(8-12)23-16(24)17(19,20)21/h2-9,11,22H,10H2,1H3,(H,23,24). The van der Waals surface area contributed by atoms with Gasteiger partial charge in [-0.05, 0) is 42.3 Å². The van der Waals surface area contributed by atoms with Crippen LogP contribution in [0, 0.1) is 0 Å². The molecule has 0 heterocycles. The van der Waals surface area contributed by atoms with E-state index in [1.54, 1.807) is 18.2 Å². The summed E-state index contributed by atoms with van der Waals surface area (Å²) in [5.74, 6) is -1.99. The molecule has 0 fully saturated rings. The lowest BCUT2D eigenvalue weighted by molar-refractivity contribution is -0.167. The van der Waals surface area contributed by atoms with Gasteiger partial charge in [0, 0.05) is 23.3 Å². The number of benzene rings is 2. The largest absolute Gasteiger partial charge is 0.471 e. The van der Waals surface area contributed by atoms with Gasteiger partial charge in [0.2, 0.25) is 0 Å². The molecule has 0 aromatic heterocycles. The van der Waals surface area contributed by atoms with Crippen LogP contribution in [0.2, 0.25) is 5.02 Å². The van der Waals surface area contributed by atoms with Crippen LogP contribution in [0.4, 0.5) is 18.9 Å². The van der Waals surface area contributed by atoms with Crippen molar-refractivity contribution in [3.05, 3.63) is 64.7 Å². The van der Waals surface area contributed by atoms with Crippen LogP contribution < -0.4 is 10.6 Å². The molecule has 1 atom stereocenters. The molecule has 0 spiro atoms. The fourth-order valence-corrected chi connectivity index (χ4v) is 2.32. The summed E-state index contributed by atoms with van der Waals surface area (Å²) in [7, 11) is 0. The van der Waals surface area contributed by atoms with Crippen molar-refractivity contribution in [3.63, 3.8) is 0 Å². The van der Waals surface area contributed by atoms with Crippen molar-refractivity contribution in [2.45, 2.75) is 25.7 Å². The van der Waals surface area contributed by atoms with Crippen LogP contribution in [-0.4, -0.2) is 12.1 Å². The summed E-state index contributed by atoms with van der Waals surface area (Å²) in [6.45, 7) is 2.39. The highest BCUT2D eigenvalue weighted by molar-refractivity contribution is 6.30. The summed E-state index contributed by atoms with van der Waals surface area (Å²) in [4.78, 5) is 11.0. The zero-order valence-electron chi connectivity index (χ0n) is 12.8. The molecule has 2 aromatic carbocycles. The lowest BCUT2D eigenvalue weighted by atomic mass is 10.1. The number of anilines is 1. The summed E-state index contributed by atoms with van der Waals surface area (Å²) in [6, 6.07) is 13.7. The first-order valence-corrected chi connectivity index (χ1v) is 7.59. The summed E-state index contributed by atoms with van der Waals surface area (Å²) >= 11 is 5.95. The molecule has 0 aliphatic heterocycles. The summed E-state index contributed by atoms with van der Waals surface area (Å²) < 4.78 is 36.8. The van der Waals surface area contributed by atoms with Gasteiger partial charge in [0.25, 0.3) is 0 Å². The van der Waals surface area contributed by atoms with Crippen molar-refractivity contribution in [2.24, 2.45) is 0 Å². The van der Waals surface area contributed by atoms with Crippen LogP contribution in [0.15, 0.2) is 48.5 Å². The molecule has 0 saturated carbocycles. The third-order valence-electron chi connectivity index (χ3n) is 3.40. The number of carbonyl (C=O) groups is 1. The van der Waals surface area contributed by atoms with Gasteiger partial charge in [0.1, 0.15) is 0 Å². The molecule has 0 aliphatic rings. The molecule has 0 radical (unpaired) electrons. The molecule has 0 saturated heterocycles. The minimum absolute atomic E-state index is 0.0112. The van der Waals surface area contributed by atoms with Gasteiger partial charge < -0.3 is 10.6 Å². The highest BCUT2D eigenvalue weighted by Crippen LogP contribution is 2.20. The second-order valence-electron chi connectivity index (χ2n) is 5.31. The fraction of sp³-hybridized carbons (Fsp3) is 0.235. The number of carbonyl (C=O) groups excluding carboxylic acids is 1. The average molecular weight is 357 g/mol. The monoisotopic (exact) mass is 356 g/mol. The maximum atomic E-state index is 12.3. The molecule has 0 aliphatic carbocycles. The maximum Gasteiger partial charge on any atom is 0.471 e. The number of alkyl halides is 3. The van der Waals surface area contributed by atoms with Gasteiger partial charge in [-0.1, -0.05) is 35.9 Å². The molecule has 1 unspecified atom stereocenters. The Morgan fingerprint density at radius 2 is 1.88 bits per heavy atom. The molecular weight excluding hydrogens is 341 g/mol. The maximum absolute atomic E-state index is 12.3. The quantitative estimate of drug-likeness (QED) is 0.816. The minimum Gasteiger partial charge on any atom is -0.318 e. The molecule has 2 aromatic rings. The molecule has 24 heavy (non-hydrogen) atoms. The fourth-order valence-electron chi connectivity index (χ4n) is 2.13. The Bertz CT molecular complexity index is 719. The molecule has 128 valence electrons. The van der Waals surface area contributed by atoms with Gasteiger partial charge in [-0.25, -0.2) is 0 Å². The normalized spacial score (nSPS) is 12.7. The highest BCUT2D eigenvalue weighted by Gasteiger charge is 2.38. The second-order valence-corrected chi connectivity index (χ2v) is 5.75. The van der Waals surface area contributed by atoms with Crippen LogP contribution in [-0.2, 0) is 11.3 Å². The highest BCUT2D eigenvalue weighted by atomic mass is 35.5. The number of halogens is 4. The van der Waals surface area contributed by atoms with Crippen molar-refractivity contribution in [1.29, 1.82) is 0 Å². The third-order valence-corrected chi connectivity index (χ3v) is 3.64. The van der Waals surface area contributed by atoms with Gasteiger partial charge >= 0.3 is 12.1 Å². The first-order chi connectivity index (χ1) is 11.3. The molecule has 2 rings (SSSR count). The van der Waals surface area contributed by atoms with Crippen molar-refractivity contribution in [2.75, 3.05) is 5.32 Å². The Morgan fingerprint density at radius 1 is 1.17 bits per heavy atom. The number of rotatable bonds is 5. The van der Waals surface area contributed by atoms with Crippen LogP contribution in [0.5, 0.6) is 0 Å². The van der Waals surface area contributed by atoms with Gasteiger partial charge in [0.05, 0.1) is 0 Å². The smallest absolute Gasteiger partial charge is 0.318 e. The van der Waals surface area contributed by atoms with Crippen LogP contribution in [0.3, 0.4) is 0 Å². The molecule has 3 nitrogen and oxygen atoms in total. The number of amides is 1. The van der Waals surface area contributed by atoms with Gasteiger partial charge in [0.15, 0.2) is 0 Å². The van der Waals surface area contributed by atoms with Crippen molar-refractivity contribution < 1.29 is 18.0 Å². The SMILES string of the molecule is CC(NCc1cccc(NC(=O)C(F)(F)F)c1)c1cccc(Cl)c1. The van der Waals surface area contributed by atoms with E-state index in [0.29, 0.717) is 11.6 Å². The van der Waals surface area contributed by atoms with Crippen molar-refractivity contribution >= 4 is 23.2 Å². The van der Waals surface area contributed by atoms with E-state index < -0.39 is 12.1 Å². The molecule has 0 bridgehead atoms. The average Bonchev–Trinajstić information content (AvgIpc) is 2.52. The molecular formula is C17H16ClF3N2O. The summed E-state index contributed by atoms with van der Waals surface area (Å²) in [5.41, 5.74) is 1.86. The lowest BCUT2D eigenvalue weighted by Crippen LogP contribution is -2.30. The number of hydrogen-bond acceptors (Lipinski definition) is 2. The predicted molar refractivity (Wildman–Crippen MR) is 87.8 cm³/mol. The Balaban J connectivity index is 1.98. The summed E-state index contributed by atoms with van der Waals surface area (Å²) in [5, 5.41) is 5.74. The van der Waals surface area contributed by atoms with E-state index in [9.17, 15) is 18.0 Å². The Labute approximate surface area is 142 Å². The first-order valence-electron chi connectivity index (χ1n) is 7.21. The van der Waals surface area contributed by atoms with Crippen LogP contribution in [0.1, 0.15) is 24.1 Å². The third kappa shape index (κ3) is 5.25. The second kappa shape index (κ2) is 7.68. The van der Waals surface area contributed by atoms with E-state index in [0.717, 1.165) is 11.1 Å². The zero-order chi connectivity index (χ0) is 17.7. The van der Waals surface area contributed by atoms with E-state index in [2.05, 4.69) is 5.32 Å². The summed E-state index contributed by atoms with van der Waals surface area (Å²) in [6.07, 6.45) is -4.91. The van der Waals surface area contributed by atoms with E-state index in [-0.39, 0.29) is 11.7 Å². The molecule has 7 heteroatoms. The van der Waals surface area contributed by atoms with Gasteiger partial charge in [-0.3, -0.25) is 4.79 Å². The Morgan fingerprint density at radius 3 is 2.54 bits per heavy atom. The molecule has 1 amide bonds. The zero-order valence-corrected chi connectivity index (χ0v) is 13.6. The Hall–Kier alpha value is -2.05. The first kappa shape index (κ1) is 18.3.